The lowest BCUT2D eigenvalue weighted by atomic mass is 9.71. The van der Waals surface area contributed by atoms with Crippen molar-refractivity contribution in [2.24, 2.45) is 5.41 Å². The van der Waals surface area contributed by atoms with Crippen LogP contribution in [0.25, 0.3) is 16.6 Å². The molecule has 6 heteroatoms. The number of nitrogens with zero attached hydrogens (tertiary/aromatic N) is 3. The van der Waals surface area contributed by atoms with E-state index in [-0.39, 0.29) is 17.7 Å². The first-order valence-electron chi connectivity index (χ1n) is 9.64. The Hall–Kier alpha value is -3.54. The maximum absolute atomic E-state index is 13.3. The lowest BCUT2D eigenvalue weighted by Crippen LogP contribution is -2.33. The molecule has 0 aliphatic carbocycles. The van der Waals surface area contributed by atoms with E-state index in [1.807, 2.05) is 44.2 Å². The Labute approximate surface area is 174 Å². The molecule has 30 heavy (non-hydrogen) atoms. The maximum atomic E-state index is 13.3. The molecule has 5 nitrogen and oxygen atoms in total. The zero-order chi connectivity index (χ0) is 21.3. The molecular formula is C24H22FN3O2. The first-order chi connectivity index (χ1) is 14.4. The summed E-state index contributed by atoms with van der Waals surface area (Å²) in [7, 11) is 1.41. The number of methoxy groups -OCH3 is 1. The third-order valence-corrected chi connectivity index (χ3v) is 5.47. The molecule has 0 amide bonds. The second kappa shape index (κ2) is 7.71. The lowest BCUT2D eigenvalue weighted by molar-refractivity contribution is -0.151. The monoisotopic (exact) mass is 403 g/mol. The highest BCUT2D eigenvalue weighted by atomic mass is 19.1. The number of rotatable bonds is 5. The summed E-state index contributed by atoms with van der Waals surface area (Å²) in [4.78, 5) is 16.7. The molecule has 1 unspecified atom stereocenters. The number of fused-ring (bicyclic) bond motifs is 1. The van der Waals surface area contributed by atoms with E-state index in [2.05, 4.69) is 10.1 Å². The Morgan fingerprint density at radius 2 is 1.73 bits per heavy atom. The predicted octanol–water partition coefficient (Wildman–Crippen LogP) is 4.89. The Morgan fingerprint density at radius 1 is 1.03 bits per heavy atom. The van der Waals surface area contributed by atoms with E-state index in [1.54, 1.807) is 35.4 Å². The van der Waals surface area contributed by atoms with Gasteiger partial charge in [-0.25, -0.2) is 9.07 Å². The topological polar surface area (TPSA) is 57.0 Å². The summed E-state index contributed by atoms with van der Waals surface area (Å²) in [6, 6.07) is 16.1. The fraction of sp³-hybridized carbons (Fsp3) is 0.208. The Bertz CT molecular complexity index is 1180. The number of ether oxygens (including phenoxy) is 1. The molecule has 0 saturated heterocycles. The Kier molecular flexibility index (Phi) is 5.08. The zero-order valence-electron chi connectivity index (χ0n) is 17.0. The van der Waals surface area contributed by atoms with E-state index in [0.717, 1.165) is 27.7 Å². The number of hydrogen-bond donors (Lipinski definition) is 0. The van der Waals surface area contributed by atoms with E-state index >= 15 is 0 Å². The van der Waals surface area contributed by atoms with Gasteiger partial charge >= 0.3 is 5.97 Å². The average Bonchev–Trinajstić information content (AvgIpc) is 3.17. The SMILES string of the molecule is COC(=O)C(C)(C)C(c1ccncc1)c1ccc2c(cnn2-c2ccc(F)cc2)c1. The van der Waals surface area contributed by atoms with Crippen LogP contribution in [-0.2, 0) is 9.53 Å². The van der Waals surface area contributed by atoms with Crippen molar-refractivity contribution in [2.45, 2.75) is 19.8 Å². The second-order valence-electron chi connectivity index (χ2n) is 7.78. The molecule has 0 fully saturated rings. The standard InChI is InChI=1S/C24H22FN3O2/c1-24(2,23(29)30-3)22(16-10-12-26-13-11-16)17-4-9-21-18(14-17)15-27-28(21)20-7-5-19(25)6-8-20/h4-15,22H,1-3H3. The van der Waals surface area contributed by atoms with Gasteiger partial charge in [0.1, 0.15) is 5.82 Å². The molecule has 2 aromatic carbocycles. The summed E-state index contributed by atoms with van der Waals surface area (Å²) in [5.74, 6) is -0.805. The van der Waals surface area contributed by atoms with Crippen LogP contribution in [0.1, 0.15) is 30.9 Å². The molecule has 0 aliphatic heterocycles. The van der Waals surface area contributed by atoms with Crippen LogP contribution in [0.2, 0.25) is 0 Å². The van der Waals surface area contributed by atoms with Gasteiger partial charge in [-0.2, -0.15) is 5.10 Å². The van der Waals surface area contributed by atoms with Crippen molar-refractivity contribution >= 4 is 16.9 Å². The van der Waals surface area contributed by atoms with Crippen LogP contribution in [0.4, 0.5) is 4.39 Å². The number of esters is 1. The van der Waals surface area contributed by atoms with Gasteiger partial charge in [0, 0.05) is 23.7 Å². The molecule has 0 radical (unpaired) electrons. The Morgan fingerprint density at radius 3 is 2.40 bits per heavy atom. The smallest absolute Gasteiger partial charge is 0.312 e. The normalized spacial score (nSPS) is 12.7. The molecule has 152 valence electrons. The van der Waals surface area contributed by atoms with Crippen LogP contribution >= 0.6 is 0 Å². The molecule has 4 aromatic rings. The molecule has 1 atom stereocenters. The molecule has 4 rings (SSSR count). The summed E-state index contributed by atoms with van der Waals surface area (Å²) in [6.45, 7) is 3.77. The third kappa shape index (κ3) is 3.45. The fourth-order valence-electron chi connectivity index (χ4n) is 3.98. The van der Waals surface area contributed by atoms with Crippen LogP contribution in [-0.4, -0.2) is 27.8 Å². The van der Waals surface area contributed by atoms with Crippen molar-refractivity contribution in [3.8, 4) is 5.69 Å². The maximum Gasteiger partial charge on any atom is 0.312 e. The number of pyridine rings is 1. The van der Waals surface area contributed by atoms with Crippen LogP contribution in [0.5, 0.6) is 0 Å². The van der Waals surface area contributed by atoms with Crippen molar-refractivity contribution in [2.75, 3.05) is 7.11 Å². The van der Waals surface area contributed by atoms with Crippen molar-refractivity contribution in [1.82, 2.24) is 14.8 Å². The van der Waals surface area contributed by atoms with Crippen molar-refractivity contribution in [1.29, 1.82) is 0 Å². The summed E-state index contributed by atoms with van der Waals surface area (Å²) < 4.78 is 20.1. The molecule has 0 bridgehead atoms. The van der Waals surface area contributed by atoms with Gasteiger partial charge in [-0.3, -0.25) is 9.78 Å². The van der Waals surface area contributed by atoms with Gasteiger partial charge in [0.2, 0.25) is 0 Å². The van der Waals surface area contributed by atoms with Gasteiger partial charge in [0.25, 0.3) is 0 Å². The predicted molar refractivity (Wildman–Crippen MR) is 113 cm³/mol. The van der Waals surface area contributed by atoms with Gasteiger partial charge in [-0.1, -0.05) is 6.07 Å². The summed E-state index contributed by atoms with van der Waals surface area (Å²) in [6.07, 6.45) is 5.22. The summed E-state index contributed by atoms with van der Waals surface area (Å²) >= 11 is 0. The highest BCUT2D eigenvalue weighted by Gasteiger charge is 2.40. The number of hydrogen-bond acceptors (Lipinski definition) is 4. The molecule has 0 N–H and O–H groups in total. The van der Waals surface area contributed by atoms with Gasteiger partial charge in [-0.15, -0.1) is 0 Å². The molecule has 0 spiro atoms. The number of carbonyl (C=O) groups is 1. The van der Waals surface area contributed by atoms with Gasteiger partial charge < -0.3 is 4.74 Å². The first-order valence-corrected chi connectivity index (χ1v) is 9.64. The van der Waals surface area contributed by atoms with E-state index in [1.165, 1.54) is 19.2 Å². The minimum Gasteiger partial charge on any atom is -0.469 e. The lowest BCUT2D eigenvalue weighted by Gasteiger charge is -2.32. The third-order valence-electron chi connectivity index (χ3n) is 5.47. The zero-order valence-corrected chi connectivity index (χ0v) is 17.0. The highest BCUT2D eigenvalue weighted by molar-refractivity contribution is 5.83. The number of carbonyl (C=O) groups excluding carboxylic acids is 1. The first kappa shape index (κ1) is 19.8. The summed E-state index contributed by atoms with van der Waals surface area (Å²) in [5, 5.41) is 5.40. The van der Waals surface area contributed by atoms with Crippen LogP contribution in [0.3, 0.4) is 0 Å². The van der Waals surface area contributed by atoms with Crippen LogP contribution in [0.15, 0.2) is 73.2 Å². The fourth-order valence-corrected chi connectivity index (χ4v) is 3.98. The van der Waals surface area contributed by atoms with Gasteiger partial charge in [0.15, 0.2) is 0 Å². The number of benzene rings is 2. The largest absolute Gasteiger partial charge is 0.469 e. The molecule has 0 aliphatic rings. The molecular weight excluding hydrogens is 381 g/mol. The molecule has 2 aromatic heterocycles. The van der Waals surface area contributed by atoms with E-state index in [9.17, 15) is 9.18 Å². The Balaban J connectivity index is 1.83. The van der Waals surface area contributed by atoms with Gasteiger partial charge in [0.05, 0.1) is 29.9 Å². The van der Waals surface area contributed by atoms with Crippen molar-refractivity contribution in [3.63, 3.8) is 0 Å². The number of halogens is 1. The second-order valence-corrected chi connectivity index (χ2v) is 7.78. The van der Waals surface area contributed by atoms with Crippen LogP contribution < -0.4 is 0 Å². The highest BCUT2D eigenvalue weighted by Crippen LogP contribution is 2.42. The van der Waals surface area contributed by atoms with Gasteiger partial charge in [-0.05, 0) is 73.5 Å². The summed E-state index contributed by atoms with van der Waals surface area (Å²) in [5.41, 5.74) is 2.83. The molecule has 2 heterocycles. The molecule has 0 saturated carbocycles. The van der Waals surface area contributed by atoms with Crippen LogP contribution in [0, 0.1) is 11.2 Å². The minimum atomic E-state index is -0.795. The van der Waals surface area contributed by atoms with E-state index in [4.69, 9.17) is 4.74 Å². The number of aromatic nitrogens is 3. The van der Waals surface area contributed by atoms with Crippen molar-refractivity contribution < 1.29 is 13.9 Å². The van der Waals surface area contributed by atoms with Crippen molar-refractivity contribution in [3.05, 3.63) is 90.1 Å². The quantitative estimate of drug-likeness (QED) is 0.445. The minimum absolute atomic E-state index is 0.230. The average molecular weight is 403 g/mol. The van der Waals surface area contributed by atoms with E-state index in [0.29, 0.717) is 0 Å². The van der Waals surface area contributed by atoms with E-state index < -0.39 is 5.41 Å².